The zero-order chi connectivity index (χ0) is 25.4. The van der Waals surface area contributed by atoms with E-state index in [1.54, 1.807) is 4.90 Å². The average molecular weight is 493 g/mol. The van der Waals surface area contributed by atoms with E-state index in [-0.39, 0.29) is 23.9 Å². The molecule has 9 heteroatoms. The quantitative estimate of drug-likeness (QED) is 0.703. The maximum Gasteiger partial charge on any atom is 0.253 e. The molecule has 4 heterocycles. The van der Waals surface area contributed by atoms with Gasteiger partial charge in [-0.1, -0.05) is 0 Å². The number of nitrogens with zero attached hydrogens (tertiary/aromatic N) is 5. The smallest absolute Gasteiger partial charge is 0.253 e. The predicted molar refractivity (Wildman–Crippen MR) is 141 cm³/mol. The number of benzene rings is 1. The first-order chi connectivity index (χ1) is 17.3. The first-order valence-corrected chi connectivity index (χ1v) is 12.8. The summed E-state index contributed by atoms with van der Waals surface area (Å²) in [5.74, 6) is 1.69. The highest BCUT2D eigenvalue weighted by Crippen LogP contribution is 2.38. The van der Waals surface area contributed by atoms with Gasteiger partial charge in [-0.2, -0.15) is 0 Å². The van der Waals surface area contributed by atoms with Crippen molar-refractivity contribution in [2.45, 2.75) is 38.8 Å². The molecule has 1 aromatic carbocycles. The molecule has 3 aliphatic heterocycles. The van der Waals surface area contributed by atoms with Crippen molar-refractivity contribution in [2.75, 3.05) is 68.6 Å². The molecule has 0 radical (unpaired) electrons. The lowest BCUT2D eigenvalue weighted by Crippen LogP contribution is -2.56. The van der Waals surface area contributed by atoms with Gasteiger partial charge in [0.15, 0.2) is 5.82 Å². The fourth-order valence-electron chi connectivity index (χ4n) is 5.38. The topological polar surface area (TPSA) is 81.3 Å². The molecule has 0 bridgehead atoms. The minimum atomic E-state index is -0.282. The molecule has 5 rings (SSSR count). The van der Waals surface area contributed by atoms with Crippen molar-refractivity contribution in [3.8, 4) is 0 Å². The maximum absolute atomic E-state index is 13.0. The number of pyridine rings is 1. The Hall–Kier alpha value is -3.17. The zero-order valence-corrected chi connectivity index (χ0v) is 21.7. The van der Waals surface area contributed by atoms with Gasteiger partial charge in [0.1, 0.15) is 11.9 Å². The van der Waals surface area contributed by atoms with Crippen molar-refractivity contribution in [3.05, 3.63) is 41.5 Å². The Bertz CT molecular complexity index is 1140. The van der Waals surface area contributed by atoms with Gasteiger partial charge in [0, 0.05) is 63.7 Å². The number of piperazine rings is 1. The molecule has 0 spiro atoms. The molecule has 192 valence electrons. The number of likely N-dealkylation sites (N-methyl/N-ethyl adjacent to an activating group) is 2. The first-order valence-electron chi connectivity index (χ1n) is 12.8. The molecule has 1 N–H and O–H groups in total. The van der Waals surface area contributed by atoms with Crippen LogP contribution in [0.15, 0.2) is 30.3 Å². The van der Waals surface area contributed by atoms with Gasteiger partial charge in [-0.05, 0) is 69.6 Å². The van der Waals surface area contributed by atoms with Gasteiger partial charge in [0.05, 0.1) is 5.69 Å². The van der Waals surface area contributed by atoms with Crippen LogP contribution in [0.1, 0.15) is 35.7 Å². The Kier molecular flexibility index (Phi) is 6.85. The molecule has 36 heavy (non-hydrogen) atoms. The number of fused-ring (bicyclic) bond motifs is 1. The highest BCUT2D eigenvalue weighted by molar-refractivity contribution is 6.04. The van der Waals surface area contributed by atoms with E-state index in [0.717, 1.165) is 61.8 Å². The van der Waals surface area contributed by atoms with Crippen LogP contribution >= 0.6 is 0 Å². The van der Waals surface area contributed by atoms with Gasteiger partial charge in [-0.25, -0.2) is 4.98 Å². The highest BCUT2D eigenvalue weighted by atomic mass is 16.5. The normalized spacial score (nSPS) is 21.5. The number of amides is 2. The Morgan fingerprint density at radius 1 is 1.06 bits per heavy atom. The van der Waals surface area contributed by atoms with Crippen molar-refractivity contribution >= 4 is 34.8 Å². The van der Waals surface area contributed by atoms with E-state index in [9.17, 15) is 9.59 Å². The van der Waals surface area contributed by atoms with Gasteiger partial charge < -0.3 is 29.7 Å². The van der Waals surface area contributed by atoms with Crippen LogP contribution in [0.25, 0.3) is 0 Å². The molecule has 1 atom stereocenters. The maximum atomic E-state index is 13.0. The van der Waals surface area contributed by atoms with Gasteiger partial charge in [-0.15, -0.1) is 0 Å². The van der Waals surface area contributed by atoms with E-state index in [4.69, 9.17) is 9.72 Å². The summed E-state index contributed by atoms with van der Waals surface area (Å²) in [6.07, 6.45) is 1.75. The third-order valence-corrected chi connectivity index (χ3v) is 7.68. The van der Waals surface area contributed by atoms with Crippen LogP contribution < -0.4 is 15.1 Å². The summed E-state index contributed by atoms with van der Waals surface area (Å²) in [4.78, 5) is 39.0. The number of carbonyl (C=O) groups is 2. The number of hydrogen-bond donors (Lipinski definition) is 1. The number of anilines is 4. The minimum Gasteiger partial charge on any atom is -0.381 e. The van der Waals surface area contributed by atoms with E-state index in [2.05, 4.69) is 22.2 Å². The van der Waals surface area contributed by atoms with E-state index in [1.165, 1.54) is 0 Å². The number of aromatic nitrogens is 1. The summed E-state index contributed by atoms with van der Waals surface area (Å²) in [5, 5.41) is 3.44. The first kappa shape index (κ1) is 24.5. The number of rotatable bonds is 4. The van der Waals surface area contributed by atoms with Crippen molar-refractivity contribution in [1.29, 1.82) is 0 Å². The van der Waals surface area contributed by atoms with Crippen LogP contribution in [0.3, 0.4) is 0 Å². The molecule has 0 aliphatic carbocycles. The molecule has 2 amide bonds. The lowest BCUT2D eigenvalue weighted by atomic mass is 10.0. The third-order valence-electron chi connectivity index (χ3n) is 7.68. The molecule has 2 fully saturated rings. The SMILES string of the molecule is Cc1cc(C(=O)N2CCN(C)CC2)ccc1Nc1ccc2c(n1)N(C1CCOCC1)[C@H](C)C(=O)N2C. The number of aryl methyl sites for hydroxylation is 1. The Balaban J connectivity index is 1.38. The molecular weight excluding hydrogens is 456 g/mol. The van der Waals surface area contributed by atoms with E-state index >= 15 is 0 Å². The summed E-state index contributed by atoms with van der Waals surface area (Å²) in [6, 6.07) is 9.59. The summed E-state index contributed by atoms with van der Waals surface area (Å²) in [5.41, 5.74) is 3.42. The van der Waals surface area contributed by atoms with E-state index < -0.39 is 0 Å². The van der Waals surface area contributed by atoms with Gasteiger partial charge in [0.25, 0.3) is 5.91 Å². The second-order valence-corrected chi connectivity index (χ2v) is 10.1. The van der Waals surface area contributed by atoms with Gasteiger partial charge in [0.2, 0.25) is 5.91 Å². The molecular formula is C27H36N6O3. The molecule has 1 aromatic heterocycles. The van der Waals surface area contributed by atoms with Crippen LogP contribution in [0.2, 0.25) is 0 Å². The molecule has 2 saturated heterocycles. The molecule has 2 aromatic rings. The van der Waals surface area contributed by atoms with Crippen LogP contribution in [0.5, 0.6) is 0 Å². The van der Waals surface area contributed by atoms with Gasteiger partial charge in [-0.3, -0.25) is 9.59 Å². The van der Waals surface area contributed by atoms with Crippen LogP contribution in [0.4, 0.5) is 23.0 Å². The number of hydrogen-bond acceptors (Lipinski definition) is 7. The highest BCUT2D eigenvalue weighted by Gasteiger charge is 2.39. The van der Waals surface area contributed by atoms with E-state index in [0.29, 0.717) is 24.6 Å². The van der Waals surface area contributed by atoms with E-state index in [1.807, 2.05) is 56.1 Å². The largest absolute Gasteiger partial charge is 0.381 e. The molecule has 0 saturated carbocycles. The number of carbonyl (C=O) groups excluding carboxylic acids is 2. The lowest BCUT2D eigenvalue weighted by Gasteiger charge is -2.44. The van der Waals surface area contributed by atoms with Crippen molar-refractivity contribution in [1.82, 2.24) is 14.8 Å². The van der Waals surface area contributed by atoms with Crippen LogP contribution in [-0.4, -0.2) is 92.2 Å². The standard InChI is InChI=1S/C27H36N6O3/c1-18-17-20(27(35)32-13-11-30(3)12-14-32)5-6-22(18)28-24-8-7-23-25(29-24)33(19(2)26(34)31(23)4)21-9-15-36-16-10-21/h5-8,17,19,21H,9-16H2,1-4H3,(H,28,29)/t19-/m1/s1. The number of nitrogens with one attached hydrogen (secondary N) is 1. The fraction of sp³-hybridized carbons (Fsp3) is 0.519. The Morgan fingerprint density at radius 2 is 1.78 bits per heavy atom. The number of ether oxygens (including phenoxy) is 1. The lowest BCUT2D eigenvalue weighted by molar-refractivity contribution is -0.119. The fourth-order valence-corrected chi connectivity index (χ4v) is 5.38. The van der Waals surface area contributed by atoms with Crippen LogP contribution in [-0.2, 0) is 9.53 Å². The van der Waals surface area contributed by atoms with Crippen LogP contribution in [0, 0.1) is 6.92 Å². The molecule has 0 unspecified atom stereocenters. The van der Waals surface area contributed by atoms with Crippen molar-refractivity contribution in [2.24, 2.45) is 0 Å². The Morgan fingerprint density at radius 3 is 2.47 bits per heavy atom. The average Bonchev–Trinajstić information content (AvgIpc) is 2.89. The summed E-state index contributed by atoms with van der Waals surface area (Å²) < 4.78 is 5.56. The molecule has 3 aliphatic rings. The van der Waals surface area contributed by atoms with Crippen molar-refractivity contribution < 1.29 is 14.3 Å². The van der Waals surface area contributed by atoms with Gasteiger partial charge >= 0.3 is 0 Å². The summed E-state index contributed by atoms with van der Waals surface area (Å²) in [6.45, 7) is 8.67. The molecule has 9 nitrogen and oxygen atoms in total. The summed E-state index contributed by atoms with van der Waals surface area (Å²) >= 11 is 0. The predicted octanol–water partition coefficient (Wildman–Crippen LogP) is 2.87. The van der Waals surface area contributed by atoms with Crippen molar-refractivity contribution in [3.63, 3.8) is 0 Å². The Labute approximate surface area is 213 Å². The minimum absolute atomic E-state index is 0.0768. The second kappa shape index (κ2) is 10.1. The monoisotopic (exact) mass is 492 g/mol. The third kappa shape index (κ3) is 4.65. The zero-order valence-electron chi connectivity index (χ0n) is 21.7. The summed E-state index contributed by atoms with van der Waals surface area (Å²) in [7, 11) is 3.90. The second-order valence-electron chi connectivity index (χ2n) is 10.1.